The molecule has 14 heavy (non-hydrogen) atoms. The van der Waals surface area contributed by atoms with Gasteiger partial charge in [-0.1, -0.05) is 11.6 Å². The molecule has 0 radical (unpaired) electrons. The van der Waals surface area contributed by atoms with E-state index in [4.69, 9.17) is 22.2 Å². The van der Waals surface area contributed by atoms with Crippen molar-refractivity contribution in [3.05, 3.63) is 28.8 Å². The number of hydrazine groups is 1. The van der Waals surface area contributed by atoms with Crippen molar-refractivity contribution in [2.24, 2.45) is 10.8 Å². The average Bonchev–Trinajstić information content (AvgIpc) is 2.20. The molecule has 0 amide bonds. The second kappa shape index (κ2) is 4.83. The highest BCUT2D eigenvalue weighted by molar-refractivity contribution is 6.31. The molecule has 0 unspecified atom stereocenters. The molecule has 3 N–H and O–H groups in total. The summed E-state index contributed by atoms with van der Waals surface area (Å²) in [7, 11) is 3.21. The molecule has 0 aliphatic carbocycles. The lowest BCUT2D eigenvalue weighted by Gasteiger charge is -2.10. The number of hydrogen-bond acceptors (Lipinski definition) is 3. The molecule has 1 aromatic rings. The Morgan fingerprint density at radius 1 is 1.57 bits per heavy atom. The summed E-state index contributed by atoms with van der Waals surface area (Å²) in [6.45, 7) is 0. The number of hydrogen-bond donors (Lipinski definition) is 2. The normalized spacial score (nSPS) is 11.3. The van der Waals surface area contributed by atoms with Gasteiger partial charge in [-0.25, -0.2) is 5.84 Å². The maximum Gasteiger partial charge on any atom is 0.146 e. The molecule has 0 saturated heterocycles. The van der Waals surface area contributed by atoms with Crippen molar-refractivity contribution in [2.75, 3.05) is 14.2 Å². The Hall–Kier alpha value is -1.26. The minimum Gasteiger partial charge on any atom is -0.496 e. The highest BCUT2D eigenvalue weighted by atomic mass is 35.5. The Morgan fingerprint density at radius 2 is 2.29 bits per heavy atom. The number of aliphatic imine (C=N–C) groups is 1. The second-order valence-corrected chi connectivity index (χ2v) is 3.00. The van der Waals surface area contributed by atoms with Gasteiger partial charge in [0.2, 0.25) is 0 Å². The maximum atomic E-state index is 5.85. The monoisotopic (exact) mass is 213 g/mol. The van der Waals surface area contributed by atoms with Crippen LogP contribution in [0.1, 0.15) is 5.56 Å². The van der Waals surface area contributed by atoms with E-state index >= 15 is 0 Å². The molecule has 1 aromatic carbocycles. The van der Waals surface area contributed by atoms with Gasteiger partial charge in [-0.15, -0.1) is 0 Å². The number of rotatable bonds is 2. The summed E-state index contributed by atoms with van der Waals surface area (Å²) in [4.78, 5) is 3.97. The first kappa shape index (κ1) is 10.8. The topological polar surface area (TPSA) is 59.6 Å². The van der Waals surface area contributed by atoms with E-state index in [2.05, 4.69) is 10.4 Å². The standard InChI is InChI=1S/C9H12ClN3O/c1-12-9(13-11)7-5-6(10)3-4-8(7)14-2/h3-5H,11H2,1-2H3,(H,12,13). The zero-order valence-electron chi connectivity index (χ0n) is 8.04. The van der Waals surface area contributed by atoms with Crippen LogP contribution in [-0.2, 0) is 0 Å². The maximum absolute atomic E-state index is 5.85. The Balaban J connectivity index is 3.22. The number of nitrogens with zero attached hydrogens (tertiary/aromatic N) is 1. The minimum absolute atomic E-state index is 0.532. The van der Waals surface area contributed by atoms with E-state index in [0.717, 1.165) is 5.56 Å². The number of nitrogens with one attached hydrogen (secondary N) is 1. The molecule has 1 rings (SSSR count). The van der Waals surface area contributed by atoms with Gasteiger partial charge in [-0.2, -0.15) is 0 Å². The Labute approximate surface area is 87.7 Å². The molecule has 0 aromatic heterocycles. The van der Waals surface area contributed by atoms with Crippen LogP contribution in [0.5, 0.6) is 5.75 Å². The molecule has 0 saturated carbocycles. The molecule has 0 atom stereocenters. The third kappa shape index (κ3) is 2.16. The van der Waals surface area contributed by atoms with Gasteiger partial charge in [-0.05, 0) is 18.2 Å². The first-order chi connectivity index (χ1) is 6.72. The van der Waals surface area contributed by atoms with E-state index in [1.165, 1.54) is 0 Å². The number of nitrogens with two attached hydrogens (primary N) is 1. The van der Waals surface area contributed by atoms with E-state index in [-0.39, 0.29) is 0 Å². The minimum atomic E-state index is 0.532. The fourth-order valence-electron chi connectivity index (χ4n) is 1.13. The van der Waals surface area contributed by atoms with Crippen molar-refractivity contribution >= 4 is 17.4 Å². The van der Waals surface area contributed by atoms with Gasteiger partial charge >= 0.3 is 0 Å². The molecule has 0 fully saturated rings. The fraction of sp³-hybridized carbons (Fsp3) is 0.222. The lowest BCUT2D eigenvalue weighted by Crippen LogP contribution is -2.31. The molecule has 0 aliphatic rings. The van der Waals surface area contributed by atoms with Crippen molar-refractivity contribution in [3.63, 3.8) is 0 Å². The van der Waals surface area contributed by atoms with Gasteiger partial charge in [-0.3, -0.25) is 4.99 Å². The van der Waals surface area contributed by atoms with Crippen molar-refractivity contribution < 1.29 is 4.74 Å². The summed E-state index contributed by atoms with van der Waals surface area (Å²) in [5, 5.41) is 0.609. The number of amidine groups is 1. The average molecular weight is 214 g/mol. The van der Waals surface area contributed by atoms with Crippen molar-refractivity contribution in [2.45, 2.75) is 0 Å². The van der Waals surface area contributed by atoms with E-state index in [9.17, 15) is 0 Å². The highest BCUT2D eigenvalue weighted by Gasteiger charge is 2.08. The summed E-state index contributed by atoms with van der Waals surface area (Å²) in [5.41, 5.74) is 3.22. The van der Waals surface area contributed by atoms with Gasteiger partial charge in [0.15, 0.2) is 0 Å². The largest absolute Gasteiger partial charge is 0.496 e. The van der Waals surface area contributed by atoms with Crippen LogP contribution in [0.3, 0.4) is 0 Å². The predicted octanol–water partition coefficient (Wildman–Crippen LogP) is 1.19. The first-order valence-electron chi connectivity index (χ1n) is 4.00. The molecular formula is C9H12ClN3O. The summed E-state index contributed by atoms with van der Waals surface area (Å²) >= 11 is 5.85. The molecule has 5 heteroatoms. The van der Waals surface area contributed by atoms with E-state index in [1.807, 2.05) is 0 Å². The van der Waals surface area contributed by atoms with Gasteiger partial charge in [0.05, 0.1) is 12.7 Å². The van der Waals surface area contributed by atoms with Crippen molar-refractivity contribution in [1.29, 1.82) is 0 Å². The van der Waals surface area contributed by atoms with Gasteiger partial charge in [0, 0.05) is 12.1 Å². The molecule has 0 aliphatic heterocycles. The number of ether oxygens (including phenoxy) is 1. The van der Waals surface area contributed by atoms with Gasteiger partial charge in [0.25, 0.3) is 0 Å². The van der Waals surface area contributed by atoms with Crippen LogP contribution < -0.4 is 16.0 Å². The molecule has 0 bridgehead atoms. The predicted molar refractivity (Wildman–Crippen MR) is 57.8 cm³/mol. The van der Waals surface area contributed by atoms with E-state index in [1.54, 1.807) is 32.4 Å². The fourth-order valence-corrected chi connectivity index (χ4v) is 1.30. The zero-order valence-corrected chi connectivity index (χ0v) is 8.80. The smallest absolute Gasteiger partial charge is 0.146 e. The van der Waals surface area contributed by atoms with Crippen molar-refractivity contribution in [3.8, 4) is 5.75 Å². The van der Waals surface area contributed by atoms with Crippen LogP contribution in [0, 0.1) is 0 Å². The number of halogens is 1. The SMILES string of the molecule is CN=C(NN)c1cc(Cl)ccc1OC. The summed E-state index contributed by atoms with van der Waals surface area (Å²) in [6.07, 6.45) is 0. The van der Waals surface area contributed by atoms with Crippen LogP contribution in [0.25, 0.3) is 0 Å². The van der Waals surface area contributed by atoms with Crippen LogP contribution >= 0.6 is 11.6 Å². The Bertz CT molecular complexity index is 352. The zero-order chi connectivity index (χ0) is 10.6. The quantitative estimate of drug-likeness (QED) is 0.336. The third-order valence-electron chi connectivity index (χ3n) is 1.78. The van der Waals surface area contributed by atoms with Crippen LogP contribution in [0.2, 0.25) is 5.02 Å². The van der Waals surface area contributed by atoms with Crippen LogP contribution in [-0.4, -0.2) is 20.0 Å². The molecular weight excluding hydrogens is 202 g/mol. The highest BCUT2D eigenvalue weighted by Crippen LogP contribution is 2.22. The second-order valence-electron chi connectivity index (χ2n) is 2.56. The summed E-state index contributed by atoms with van der Waals surface area (Å²) < 4.78 is 5.15. The molecule has 0 heterocycles. The van der Waals surface area contributed by atoms with Crippen LogP contribution in [0.15, 0.2) is 23.2 Å². The molecule has 76 valence electrons. The van der Waals surface area contributed by atoms with E-state index < -0.39 is 0 Å². The van der Waals surface area contributed by atoms with Gasteiger partial charge in [0.1, 0.15) is 11.6 Å². The van der Waals surface area contributed by atoms with Gasteiger partial charge < -0.3 is 10.2 Å². The van der Waals surface area contributed by atoms with E-state index in [0.29, 0.717) is 16.6 Å². The van der Waals surface area contributed by atoms with Crippen molar-refractivity contribution in [1.82, 2.24) is 5.43 Å². The molecule has 4 nitrogen and oxygen atoms in total. The third-order valence-corrected chi connectivity index (χ3v) is 2.01. The van der Waals surface area contributed by atoms with Crippen LogP contribution in [0.4, 0.5) is 0 Å². The number of benzene rings is 1. The summed E-state index contributed by atoms with van der Waals surface area (Å²) in [6, 6.07) is 5.25. The molecule has 0 spiro atoms. The Morgan fingerprint density at radius 3 is 2.79 bits per heavy atom. The number of methoxy groups -OCH3 is 1. The lowest BCUT2D eigenvalue weighted by atomic mass is 10.2. The summed E-state index contributed by atoms with van der Waals surface area (Å²) in [5.74, 6) is 6.52. The Kier molecular flexibility index (Phi) is 3.73. The first-order valence-corrected chi connectivity index (χ1v) is 4.38. The lowest BCUT2D eigenvalue weighted by molar-refractivity contribution is 0.413.